The predicted molar refractivity (Wildman–Crippen MR) is 54.0 cm³/mol. The fraction of sp³-hybridized carbons (Fsp3) is 0.333. The van der Waals surface area contributed by atoms with Crippen LogP contribution in [0.5, 0.6) is 5.75 Å². The van der Waals surface area contributed by atoms with Crippen LogP contribution in [0.4, 0.5) is 0 Å². The van der Waals surface area contributed by atoms with Gasteiger partial charge in [0.15, 0.2) is 5.60 Å². The van der Waals surface area contributed by atoms with Crippen LogP contribution in [0.1, 0.15) is 12.5 Å². The van der Waals surface area contributed by atoms with Crippen LogP contribution in [-0.2, 0) is 6.42 Å². The molecule has 0 fully saturated rings. The lowest BCUT2D eigenvalue weighted by Gasteiger charge is -2.29. The first-order valence-corrected chi connectivity index (χ1v) is 4.60. The van der Waals surface area contributed by atoms with E-state index in [0.717, 1.165) is 11.3 Å². The van der Waals surface area contributed by atoms with Crippen molar-refractivity contribution in [3.05, 3.63) is 29.8 Å². The summed E-state index contributed by atoms with van der Waals surface area (Å²) in [7, 11) is 0. The summed E-state index contributed by atoms with van der Waals surface area (Å²) >= 11 is 0. The lowest BCUT2D eigenvalue weighted by atomic mass is 9.93. The molecular formula is C12H12O2. The third kappa shape index (κ3) is 1.59. The van der Waals surface area contributed by atoms with E-state index in [0.29, 0.717) is 6.42 Å². The molecular weight excluding hydrogens is 176 g/mol. The zero-order valence-corrected chi connectivity index (χ0v) is 8.08. The smallest absolute Gasteiger partial charge is 0.163 e. The average molecular weight is 188 g/mol. The van der Waals surface area contributed by atoms with Crippen molar-refractivity contribution in [2.45, 2.75) is 18.9 Å². The molecule has 1 aromatic rings. The van der Waals surface area contributed by atoms with Crippen molar-refractivity contribution in [2.24, 2.45) is 0 Å². The molecule has 1 N–H and O–H groups in total. The van der Waals surface area contributed by atoms with Gasteiger partial charge in [-0.15, -0.1) is 5.92 Å². The maximum absolute atomic E-state index is 10.0. The molecule has 1 heterocycles. The van der Waals surface area contributed by atoms with Gasteiger partial charge in [0.25, 0.3) is 0 Å². The molecule has 1 aliphatic heterocycles. The van der Waals surface area contributed by atoms with E-state index < -0.39 is 5.60 Å². The van der Waals surface area contributed by atoms with Crippen LogP contribution in [0.2, 0.25) is 0 Å². The first-order valence-electron chi connectivity index (χ1n) is 4.60. The molecule has 0 saturated heterocycles. The number of hydrogen-bond donors (Lipinski definition) is 1. The Bertz CT molecular complexity index is 400. The second kappa shape index (κ2) is 3.36. The SMILES string of the molecule is CC#CC1(O)COc2ccccc2C1. The molecule has 1 unspecified atom stereocenters. The Morgan fingerprint density at radius 3 is 3.00 bits per heavy atom. The van der Waals surface area contributed by atoms with Gasteiger partial charge < -0.3 is 9.84 Å². The van der Waals surface area contributed by atoms with E-state index in [1.54, 1.807) is 6.92 Å². The fourth-order valence-corrected chi connectivity index (χ4v) is 1.67. The normalized spacial score (nSPS) is 24.1. The maximum atomic E-state index is 10.0. The molecule has 0 spiro atoms. The van der Waals surface area contributed by atoms with Crippen LogP contribution in [-0.4, -0.2) is 17.3 Å². The average Bonchev–Trinajstić information content (AvgIpc) is 2.17. The highest BCUT2D eigenvalue weighted by Gasteiger charge is 2.31. The quantitative estimate of drug-likeness (QED) is 0.623. The number of hydrogen-bond acceptors (Lipinski definition) is 2. The minimum atomic E-state index is -1.01. The van der Waals surface area contributed by atoms with Crippen molar-refractivity contribution in [3.63, 3.8) is 0 Å². The molecule has 2 heteroatoms. The van der Waals surface area contributed by atoms with Gasteiger partial charge in [0.2, 0.25) is 0 Å². The van der Waals surface area contributed by atoms with Gasteiger partial charge in [-0.05, 0) is 18.6 Å². The number of rotatable bonds is 0. The monoisotopic (exact) mass is 188 g/mol. The summed E-state index contributed by atoms with van der Waals surface area (Å²) < 4.78 is 5.44. The highest BCUT2D eigenvalue weighted by Crippen LogP contribution is 2.28. The summed E-state index contributed by atoms with van der Waals surface area (Å²) in [4.78, 5) is 0. The molecule has 0 radical (unpaired) electrons. The fourth-order valence-electron chi connectivity index (χ4n) is 1.67. The van der Waals surface area contributed by atoms with Gasteiger partial charge in [0, 0.05) is 6.42 Å². The molecule has 0 aliphatic carbocycles. The molecule has 0 aromatic heterocycles. The standard InChI is InChI=1S/C12H12O2/c1-2-7-12(13)8-10-5-3-4-6-11(10)14-9-12/h3-6,13H,8-9H2,1H3. The first kappa shape index (κ1) is 9.11. The van der Waals surface area contributed by atoms with E-state index in [1.807, 2.05) is 24.3 Å². The molecule has 1 atom stereocenters. The molecule has 0 saturated carbocycles. The largest absolute Gasteiger partial charge is 0.489 e. The molecule has 1 aliphatic rings. The van der Waals surface area contributed by atoms with Crippen LogP contribution in [0, 0.1) is 11.8 Å². The van der Waals surface area contributed by atoms with E-state index >= 15 is 0 Å². The Hall–Kier alpha value is -1.46. The summed E-state index contributed by atoms with van der Waals surface area (Å²) in [6.07, 6.45) is 0.546. The van der Waals surface area contributed by atoms with Gasteiger partial charge in [-0.2, -0.15) is 0 Å². The van der Waals surface area contributed by atoms with Crippen molar-refractivity contribution >= 4 is 0 Å². The lowest BCUT2D eigenvalue weighted by Crippen LogP contribution is -2.40. The van der Waals surface area contributed by atoms with E-state index in [2.05, 4.69) is 11.8 Å². The van der Waals surface area contributed by atoms with E-state index in [4.69, 9.17) is 4.74 Å². The van der Waals surface area contributed by atoms with Gasteiger partial charge in [0.1, 0.15) is 12.4 Å². The van der Waals surface area contributed by atoms with Crippen molar-refractivity contribution < 1.29 is 9.84 Å². The van der Waals surface area contributed by atoms with Gasteiger partial charge in [0.05, 0.1) is 0 Å². The van der Waals surface area contributed by atoms with Crippen LogP contribution < -0.4 is 4.74 Å². The lowest BCUT2D eigenvalue weighted by molar-refractivity contribution is 0.0330. The number of benzene rings is 1. The second-order valence-electron chi connectivity index (χ2n) is 3.48. The van der Waals surface area contributed by atoms with Gasteiger partial charge >= 0.3 is 0 Å². The Kier molecular flexibility index (Phi) is 2.18. The molecule has 0 bridgehead atoms. The predicted octanol–water partition coefficient (Wildman–Crippen LogP) is 1.38. The molecule has 14 heavy (non-hydrogen) atoms. The molecule has 0 amide bonds. The molecule has 2 rings (SSSR count). The van der Waals surface area contributed by atoms with Crippen LogP contribution in [0.3, 0.4) is 0 Å². The zero-order valence-electron chi connectivity index (χ0n) is 8.08. The first-order chi connectivity index (χ1) is 6.73. The summed E-state index contributed by atoms with van der Waals surface area (Å²) in [6.45, 7) is 1.98. The number of aliphatic hydroxyl groups is 1. The second-order valence-corrected chi connectivity index (χ2v) is 3.48. The molecule has 1 aromatic carbocycles. The van der Waals surface area contributed by atoms with Crippen molar-refractivity contribution in [3.8, 4) is 17.6 Å². The third-order valence-corrected chi connectivity index (χ3v) is 2.28. The zero-order chi connectivity index (χ0) is 10.0. The van der Waals surface area contributed by atoms with Crippen LogP contribution in [0.25, 0.3) is 0 Å². The summed E-state index contributed by atoms with van der Waals surface area (Å²) in [5, 5.41) is 10.0. The third-order valence-electron chi connectivity index (χ3n) is 2.28. The summed E-state index contributed by atoms with van der Waals surface area (Å²) in [5.41, 5.74) is 0.00678. The highest BCUT2D eigenvalue weighted by atomic mass is 16.5. The Morgan fingerprint density at radius 2 is 2.21 bits per heavy atom. The van der Waals surface area contributed by atoms with Gasteiger partial charge in [-0.25, -0.2) is 0 Å². The number of para-hydroxylation sites is 1. The van der Waals surface area contributed by atoms with Crippen LogP contribution >= 0.6 is 0 Å². The van der Waals surface area contributed by atoms with E-state index in [9.17, 15) is 5.11 Å². The van der Waals surface area contributed by atoms with Crippen molar-refractivity contribution in [1.29, 1.82) is 0 Å². The Balaban J connectivity index is 2.32. The summed E-state index contributed by atoms with van der Waals surface area (Å²) in [5.74, 6) is 6.37. The maximum Gasteiger partial charge on any atom is 0.163 e. The Morgan fingerprint density at radius 1 is 1.43 bits per heavy atom. The number of fused-ring (bicyclic) bond motifs is 1. The number of ether oxygens (including phenoxy) is 1. The topological polar surface area (TPSA) is 29.5 Å². The van der Waals surface area contributed by atoms with Gasteiger partial charge in [-0.3, -0.25) is 0 Å². The summed E-state index contributed by atoms with van der Waals surface area (Å²) in [6, 6.07) is 7.73. The highest BCUT2D eigenvalue weighted by molar-refractivity contribution is 5.38. The van der Waals surface area contributed by atoms with E-state index in [1.165, 1.54) is 0 Å². The van der Waals surface area contributed by atoms with Crippen LogP contribution in [0.15, 0.2) is 24.3 Å². The Labute approximate surface area is 83.5 Å². The minimum absolute atomic E-state index is 0.255. The molecule has 72 valence electrons. The van der Waals surface area contributed by atoms with Crippen molar-refractivity contribution in [1.82, 2.24) is 0 Å². The molecule has 2 nitrogen and oxygen atoms in total. The van der Waals surface area contributed by atoms with Crippen molar-refractivity contribution in [2.75, 3.05) is 6.61 Å². The van der Waals surface area contributed by atoms with Gasteiger partial charge in [-0.1, -0.05) is 24.1 Å². The minimum Gasteiger partial charge on any atom is -0.489 e. The van der Waals surface area contributed by atoms with E-state index in [-0.39, 0.29) is 6.61 Å².